The SMILES string of the molecule is CC(=O)N1CC1.CCNCCC1(C)N=N1. The molecule has 1 fully saturated rings. The molecule has 5 heteroatoms. The molecule has 5 nitrogen and oxygen atoms in total. The van der Waals surface area contributed by atoms with E-state index in [0.717, 1.165) is 32.6 Å². The quantitative estimate of drug-likeness (QED) is 0.558. The molecule has 0 aromatic rings. The van der Waals surface area contributed by atoms with E-state index in [4.69, 9.17) is 0 Å². The van der Waals surface area contributed by atoms with Crippen LogP contribution in [-0.2, 0) is 4.79 Å². The van der Waals surface area contributed by atoms with Crippen molar-refractivity contribution in [3.63, 3.8) is 0 Å². The first kappa shape index (κ1) is 12.1. The van der Waals surface area contributed by atoms with Gasteiger partial charge in [-0.05, 0) is 20.0 Å². The highest BCUT2D eigenvalue weighted by Gasteiger charge is 2.32. The van der Waals surface area contributed by atoms with Gasteiger partial charge in [-0.1, -0.05) is 6.92 Å². The van der Waals surface area contributed by atoms with Gasteiger partial charge in [0, 0.05) is 26.4 Å². The largest absolute Gasteiger partial charge is 0.339 e. The monoisotopic (exact) mass is 212 g/mol. The molecule has 2 aliphatic heterocycles. The minimum absolute atomic E-state index is 0.0117. The molecule has 0 aromatic carbocycles. The summed E-state index contributed by atoms with van der Waals surface area (Å²) in [6, 6.07) is 0. The molecule has 2 heterocycles. The smallest absolute Gasteiger partial charge is 0.219 e. The molecule has 1 amide bonds. The standard InChI is InChI=1S/C6H13N3.C4H7NO/c1-3-7-5-4-6(2)8-9-6;1-4(6)5-2-3-5/h7H,3-5H2,1-2H3;2-3H2,1H3. The third-order valence-corrected chi connectivity index (χ3v) is 2.36. The molecule has 1 N–H and O–H groups in total. The maximum absolute atomic E-state index is 10.1. The van der Waals surface area contributed by atoms with E-state index in [-0.39, 0.29) is 11.6 Å². The minimum atomic E-state index is -0.0117. The highest BCUT2D eigenvalue weighted by atomic mass is 16.2. The molecule has 0 radical (unpaired) electrons. The van der Waals surface area contributed by atoms with Crippen molar-refractivity contribution in [3.8, 4) is 0 Å². The molecule has 0 saturated carbocycles. The molecule has 86 valence electrons. The normalized spacial score (nSPS) is 19.3. The van der Waals surface area contributed by atoms with Crippen LogP contribution in [0.5, 0.6) is 0 Å². The van der Waals surface area contributed by atoms with E-state index in [1.165, 1.54) is 0 Å². The Bertz CT molecular complexity index is 242. The molecule has 0 spiro atoms. The number of rotatable bonds is 4. The fourth-order valence-electron chi connectivity index (χ4n) is 1.05. The van der Waals surface area contributed by atoms with Gasteiger partial charge in [-0.2, -0.15) is 10.2 Å². The average molecular weight is 212 g/mol. The molecule has 15 heavy (non-hydrogen) atoms. The van der Waals surface area contributed by atoms with Gasteiger partial charge in [0.1, 0.15) is 0 Å². The van der Waals surface area contributed by atoms with Crippen LogP contribution >= 0.6 is 0 Å². The number of nitrogens with one attached hydrogen (secondary N) is 1. The maximum Gasteiger partial charge on any atom is 0.219 e. The maximum atomic E-state index is 10.1. The van der Waals surface area contributed by atoms with Crippen LogP contribution < -0.4 is 5.32 Å². The number of nitrogens with zero attached hydrogens (tertiary/aromatic N) is 3. The van der Waals surface area contributed by atoms with Gasteiger partial charge in [0.15, 0.2) is 5.66 Å². The van der Waals surface area contributed by atoms with Crippen LogP contribution in [0.15, 0.2) is 10.2 Å². The van der Waals surface area contributed by atoms with E-state index in [1.54, 1.807) is 11.8 Å². The summed E-state index contributed by atoms with van der Waals surface area (Å²) < 4.78 is 0. The summed E-state index contributed by atoms with van der Waals surface area (Å²) in [7, 11) is 0. The van der Waals surface area contributed by atoms with E-state index in [0.29, 0.717) is 0 Å². The summed E-state index contributed by atoms with van der Waals surface area (Å²) in [5, 5.41) is 11.0. The third-order valence-electron chi connectivity index (χ3n) is 2.36. The Labute approximate surface area is 90.9 Å². The average Bonchev–Trinajstić information content (AvgIpc) is 3.00. The van der Waals surface area contributed by atoms with Crippen molar-refractivity contribution in [3.05, 3.63) is 0 Å². The minimum Gasteiger partial charge on any atom is -0.339 e. The van der Waals surface area contributed by atoms with Gasteiger partial charge in [-0.25, -0.2) is 0 Å². The zero-order chi connectivity index (χ0) is 11.3. The molecule has 0 unspecified atom stereocenters. The van der Waals surface area contributed by atoms with Crippen LogP contribution in [0, 0.1) is 0 Å². The number of carbonyl (C=O) groups is 1. The van der Waals surface area contributed by atoms with Gasteiger partial charge in [-0.15, -0.1) is 0 Å². The first-order valence-electron chi connectivity index (χ1n) is 5.48. The number of amides is 1. The fourth-order valence-corrected chi connectivity index (χ4v) is 1.05. The molecule has 1 saturated heterocycles. The van der Waals surface area contributed by atoms with E-state index in [2.05, 4.69) is 22.5 Å². The lowest BCUT2D eigenvalue weighted by molar-refractivity contribution is -0.123. The molecule has 2 rings (SSSR count). The van der Waals surface area contributed by atoms with E-state index in [1.807, 2.05) is 6.92 Å². The number of hydrogen-bond acceptors (Lipinski definition) is 4. The van der Waals surface area contributed by atoms with Gasteiger partial charge in [0.2, 0.25) is 5.91 Å². The second-order valence-corrected chi connectivity index (χ2v) is 4.03. The Hall–Kier alpha value is -0.970. The zero-order valence-electron chi connectivity index (χ0n) is 9.79. The lowest BCUT2D eigenvalue weighted by atomic mass is 10.2. The summed E-state index contributed by atoms with van der Waals surface area (Å²) in [5.74, 6) is 0.204. The zero-order valence-corrected chi connectivity index (χ0v) is 9.79. The van der Waals surface area contributed by atoms with Gasteiger partial charge in [-0.3, -0.25) is 4.79 Å². The molecule has 2 aliphatic rings. The molecule has 0 aromatic heterocycles. The van der Waals surface area contributed by atoms with Crippen molar-refractivity contribution in [1.29, 1.82) is 0 Å². The number of carbonyl (C=O) groups excluding carboxylic acids is 1. The van der Waals surface area contributed by atoms with Crippen LogP contribution in [0.1, 0.15) is 27.2 Å². The highest BCUT2D eigenvalue weighted by molar-refractivity contribution is 5.75. The summed E-state index contributed by atoms with van der Waals surface area (Å²) in [4.78, 5) is 11.9. The third kappa shape index (κ3) is 5.47. The second-order valence-electron chi connectivity index (χ2n) is 4.03. The van der Waals surface area contributed by atoms with Crippen molar-refractivity contribution in [2.75, 3.05) is 26.2 Å². The van der Waals surface area contributed by atoms with Gasteiger partial charge < -0.3 is 10.2 Å². The first-order valence-corrected chi connectivity index (χ1v) is 5.48. The highest BCUT2D eigenvalue weighted by Crippen LogP contribution is 2.29. The molecule has 0 bridgehead atoms. The van der Waals surface area contributed by atoms with Gasteiger partial charge in [0.25, 0.3) is 0 Å². The van der Waals surface area contributed by atoms with E-state index < -0.39 is 0 Å². The predicted octanol–water partition coefficient (Wildman–Crippen LogP) is 1.02. The van der Waals surface area contributed by atoms with Crippen LogP contribution in [0.2, 0.25) is 0 Å². The van der Waals surface area contributed by atoms with E-state index >= 15 is 0 Å². The first-order chi connectivity index (χ1) is 7.07. The van der Waals surface area contributed by atoms with E-state index in [9.17, 15) is 4.79 Å². The Kier molecular flexibility index (Phi) is 4.20. The lowest BCUT2D eigenvalue weighted by Gasteiger charge is -2.02. The molecular weight excluding hydrogens is 192 g/mol. The summed E-state index contributed by atoms with van der Waals surface area (Å²) in [6.45, 7) is 9.77. The molecular formula is C10H20N4O. The predicted molar refractivity (Wildman–Crippen MR) is 58.7 cm³/mol. The Morgan fingerprint density at radius 3 is 2.33 bits per heavy atom. The van der Waals surface area contributed by atoms with Gasteiger partial charge >= 0.3 is 0 Å². The fraction of sp³-hybridized carbons (Fsp3) is 0.900. The van der Waals surface area contributed by atoms with Crippen molar-refractivity contribution in [2.24, 2.45) is 10.2 Å². The second kappa shape index (κ2) is 5.21. The van der Waals surface area contributed by atoms with Crippen molar-refractivity contribution >= 4 is 5.91 Å². The topological polar surface area (TPSA) is 56.8 Å². The van der Waals surface area contributed by atoms with Crippen LogP contribution in [0.4, 0.5) is 0 Å². The van der Waals surface area contributed by atoms with Crippen LogP contribution in [-0.4, -0.2) is 42.6 Å². The Balaban J connectivity index is 0.000000162. The Morgan fingerprint density at radius 1 is 1.47 bits per heavy atom. The van der Waals surface area contributed by atoms with Crippen molar-refractivity contribution < 1.29 is 4.79 Å². The molecule has 0 aliphatic carbocycles. The van der Waals surface area contributed by atoms with Crippen molar-refractivity contribution in [1.82, 2.24) is 10.2 Å². The van der Waals surface area contributed by atoms with Crippen LogP contribution in [0.25, 0.3) is 0 Å². The molecule has 0 atom stereocenters. The van der Waals surface area contributed by atoms with Crippen molar-refractivity contribution in [2.45, 2.75) is 32.9 Å². The summed E-state index contributed by atoms with van der Waals surface area (Å²) >= 11 is 0. The summed E-state index contributed by atoms with van der Waals surface area (Å²) in [5.41, 5.74) is -0.0117. The Morgan fingerprint density at radius 2 is 2.07 bits per heavy atom. The lowest BCUT2D eigenvalue weighted by Crippen LogP contribution is -2.19. The summed E-state index contributed by atoms with van der Waals surface area (Å²) in [6.07, 6.45) is 1.04. The van der Waals surface area contributed by atoms with Gasteiger partial charge in [0.05, 0.1) is 0 Å². The van der Waals surface area contributed by atoms with Crippen LogP contribution in [0.3, 0.4) is 0 Å². The number of hydrogen-bond donors (Lipinski definition) is 1.